The third kappa shape index (κ3) is 2.04. The van der Waals surface area contributed by atoms with Gasteiger partial charge in [-0.1, -0.05) is 24.4 Å². The summed E-state index contributed by atoms with van der Waals surface area (Å²) in [5, 5.41) is 4.21. The van der Waals surface area contributed by atoms with Crippen molar-refractivity contribution in [2.75, 3.05) is 0 Å². The van der Waals surface area contributed by atoms with Gasteiger partial charge in [0, 0.05) is 0 Å². The van der Waals surface area contributed by atoms with Gasteiger partial charge < -0.3 is 4.98 Å². The highest BCUT2D eigenvalue weighted by atomic mass is 32.1. The van der Waals surface area contributed by atoms with Gasteiger partial charge in [-0.25, -0.2) is 4.98 Å². The van der Waals surface area contributed by atoms with E-state index >= 15 is 0 Å². The summed E-state index contributed by atoms with van der Waals surface area (Å²) in [5.74, 6) is 1.23. The van der Waals surface area contributed by atoms with E-state index in [9.17, 15) is 0 Å². The molecule has 0 fully saturated rings. The number of hydrogen-bond acceptors (Lipinski definition) is 4. The molecule has 4 nitrogen and oxygen atoms in total. The maximum absolute atomic E-state index is 4.71. The van der Waals surface area contributed by atoms with E-state index in [1.807, 2.05) is 0 Å². The van der Waals surface area contributed by atoms with Crippen LogP contribution in [0.3, 0.4) is 0 Å². The largest absolute Gasteiger partial charge is 0.337 e. The van der Waals surface area contributed by atoms with Crippen LogP contribution in [0, 0.1) is 13.8 Å². The van der Waals surface area contributed by atoms with Gasteiger partial charge in [0.2, 0.25) is 0 Å². The summed E-state index contributed by atoms with van der Waals surface area (Å²) in [7, 11) is 0. The molecule has 0 saturated carbocycles. The summed E-state index contributed by atoms with van der Waals surface area (Å²) in [6, 6.07) is 4.28. The highest BCUT2D eigenvalue weighted by molar-refractivity contribution is 7.09. The summed E-state index contributed by atoms with van der Waals surface area (Å²) < 4.78 is 4.06. The average Bonchev–Trinajstić information content (AvgIpc) is 2.92. The zero-order valence-electron chi connectivity index (χ0n) is 11.5. The van der Waals surface area contributed by atoms with Crippen molar-refractivity contribution in [2.24, 2.45) is 0 Å². The average molecular weight is 272 g/mol. The van der Waals surface area contributed by atoms with Crippen LogP contribution in [0.2, 0.25) is 0 Å². The van der Waals surface area contributed by atoms with Gasteiger partial charge >= 0.3 is 0 Å². The summed E-state index contributed by atoms with van der Waals surface area (Å²) in [4.78, 5) is 9.15. The second-order valence-electron chi connectivity index (χ2n) is 5.21. The normalized spacial score (nSPS) is 11.6. The molecule has 0 amide bonds. The van der Waals surface area contributed by atoms with Crippen LogP contribution < -0.4 is 0 Å². The number of nitrogens with one attached hydrogen (secondary N) is 1. The lowest BCUT2D eigenvalue weighted by Gasteiger charge is -2.00. The first-order chi connectivity index (χ1) is 9.06. The number of aryl methyl sites for hydroxylation is 2. The molecule has 0 unspecified atom stereocenters. The van der Waals surface area contributed by atoms with Crippen molar-refractivity contribution >= 4 is 22.6 Å². The van der Waals surface area contributed by atoms with Crippen LogP contribution >= 0.6 is 11.5 Å². The van der Waals surface area contributed by atoms with Crippen molar-refractivity contribution in [3.8, 4) is 10.7 Å². The third-order valence-corrected chi connectivity index (χ3v) is 3.95. The van der Waals surface area contributed by atoms with Gasteiger partial charge in [-0.2, -0.15) is 0 Å². The van der Waals surface area contributed by atoms with Gasteiger partial charge in [-0.05, 0) is 48.5 Å². The molecule has 2 heterocycles. The van der Waals surface area contributed by atoms with E-state index in [1.54, 1.807) is 0 Å². The maximum Gasteiger partial charge on any atom is 0.152 e. The number of fused-ring (bicyclic) bond motifs is 1. The van der Waals surface area contributed by atoms with Crippen molar-refractivity contribution in [2.45, 2.75) is 33.6 Å². The number of H-pyrrole nitrogens is 1. The molecule has 0 saturated heterocycles. The number of benzene rings is 1. The molecule has 3 rings (SSSR count). The molecule has 0 aliphatic rings. The first-order valence-electron chi connectivity index (χ1n) is 6.36. The number of nitrogens with zero attached hydrogens (tertiary/aromatic N) is 3. The van der Waals surface area contributed by atoms with Gasteiger partial charge in [0.25, 0.3) is 0 Å². The quantitative estimate of drug-likeness (QED) is 0.771. The Bertz CT molecular complexity index is 739. The molecule has 0 spiro atoms. The minimum absolute atomic E-state index is 0.352. The molecular weight excluding hydrogens is 256 g/mol. The summed E-state index contributed by atoms with van der Waals surface area (Å²) >= 11 is 1.40. The van der Waals surface area contributed by atoms with E-state index in [1.165, 1.54) is 22.7 Å². The summed E-state index contributed by atoms with van der Waals surface area (Å²) in [5.41, 5.74) is 5.56. The summed E-state index contributed by atoms with van der Waals surface area (Å²) in [6.07, 6.45) is 0. The number of rotatable bonds is 2. The molecule has 0 radical (unpaired) electrons. The van der Waals surface area contributed by atoms with Crippen LogP contribution in [0.1, 0.15) is 36.6 Å². The van der Waals surface area contributed by atoms with Gasteiger partial charge in [0.05, 0.1) is 16.7 Å². The number of aromatic nitrogens is 4. The molecule has 98 valence electrons. The smallest absolute Gasteiger partial charge is 0.152 e. The second-order valence-corrected chi connectivity index (χ2v) is 5.96. The predicted octanol–water partition coefficient (Wildman–Crippen LogP) is 3.82. The number of aromatic amines is 1. The lowest BCUT2D eigenvalue weighted by atomic mass is 10.1. The molecular formula is C14H16N4S. The van der Waals surface area contributed by atoms with E-state index in [4.69, 9.17) is 4.98 Å². The van der Waals surface area contributed by atoms with Crippen LogP contribution in [0.5, 0.6) is 0 Å². The molecule has 5 heteroatoms. The van der Waals surface area contributed by atoms with E-state index < -0.39 is 0 Å². The fourth-order valence-electron chi connectivity index (χ4n) is 2.32. The lowest BCUT2D eigenvalue weighted by molar-refractivity contribution is 0.813. The maximum atomic E-state index is 4.71. The Morgan fingerprint density at radius 1 is 1.21 bits per heavy atom. The van der Waals surface area contributed by atoms with E-state index in [0.29, 0.717) is 5.92 Å². The Labute approximate surface area is 116 Å². The topological polar surface area (TPSA) is 54.5 Å². The Hall–Kier alpha value is -1.75. The minimum Gasteiger partial charge on any atom is -0.337 e. The molecule has 0 bridgehead atoms. The number of imidazole rings is 1. The van der Waals surface area contributed by atoms with Crippen molar-refractivity contribution < 1.29 is 0 Å². The van der Waals surface area contributed by atoms with Crippen molar-refractivity contribution in [3.63, 3.8) is 0 Å². The van der Waals surface area contributed by atoms with E-state index in [0.717, 1.165) is 27.4 Å². The summed E-state index contributed by atoms with van der Waals surface area (Å²) in [6.45, 7) is 8.44. The van der Waals surface area contributed by atoms with Crippen molar-refractivity contribution in [1.29, 1.82) is 0 Å². The van der Waals surface area contributed by atoms with Crippen LogP contribution in [0.15, 0.2) is 12.1 Å². The molecule has 1 N–H and O–H groups in total. The van der Waals surface area contributed by atoms with Gasteiger partial charge in [-0.3, -0.25) is 0 Å². The molecule has 0 aliphatic heterocycles. The van der Waals surface area contributed by atoms with Gasteiger partial charge in [-0.15, -0.1) is 5.10 Å². The zero-order valence-corrected chi connectivity index (χ0v) is 12.3. The highest BCUT2D eigenvalue weighted by Gasteiger charge is 2.17. The fourth-order valence-corrected chi connectivity index (χ4v) is 3.08. The lowest BCUT2D eigenvalue weighted by Crippen LogP contribution is -1.91. The molecule has 0 aliphatic carbocycles. The predicted molar refractivity (Wildman–Crippen MR) is 78.6 cm³/mol. The van der Waals surface area contributed by atoms with E-state index in [2.05, 4.69) is 54.4 Å². The van der Waals surface area contributed by atoms with Crippen LogP contribution in [-0.4, -0.2) is 19.6 Å². The van der Waals surface area contributed by atoms with Crippen LogP contribution in [0.4, 0.5) is 0 Å². The first-order valence-corrected chi connectivity index (χ1v) is 7.13. The number of hydrogen-bond donors (Lipinski definition) is 1. The SMILES string of the molecule is Cc1cc(C)c2nc(-c3snnc3C(C)C)[nH]c2c1. The van der Waals surface area contributed by atoms with Gasteiger partial charge in [0.15, 0.2) is 5.82 Å². The third-order valence-electron chi connectivity index (χ3n) is 3.20. The van der Waals surface area contributed by atoms with Crippen molar-refractivity contribution in [3.05, 3.63) is 29.0 Å². The molecule has 2 aromatic heterocycles. The molecule has 0 atom stereocenters. The molecule has 19 heavy (non-hydrogen) atoms. The standard InChI is InChI=1S/C14H16N4S/c1-7(2)11-13(19-18-17-11)14-15-10-6-8(3)5-9(4)12(10)16-14/h5-7H,1-4H3,(H,15,16). The zero-order chi connectivity index (χ0) is 13.6. The second kappa shape index (κ2) is 4.42. The fraction of sp³-hybridized carbons (Fsp3) is 0.357. The Kier molecular flexibility index (Phi) is 2.86. The van der Waals surface area contributed by atoms with E-state index in [-0.39, 0.29) is 0 Å². The highest BCUT2D eigenvalue weighted by Crippen LogP contribution is 2.31. The minimum atomic E-state index is 0.352. The Morgan fingerprint density at radius 3 is 2.74 bits per heavy atom. The van der Waals surface area contributed by atoms with Crippen LogP contribution in [-0.2, 0) is 0 Å². The monoisotopic (exact) mass is 272 g/mol. The first kappa shape index (κ1) is 12.3. The molecule has 3 aromatic rings. The van der Waals surface area contributed by atoms with Gasteiger partial charge in [0.1, 0.15) is 4.88 Å². The van der Waals surface area contributed by atoms with Crippen LogP contribution in [0.25, 0.3) is 21.7 Å². The van der Waals surface area contributed by atoms with Crippen molar-refractivity contribution in [1.82, 2.24) is 19.6 Å². The molecule has 1 aromatic carbocycles. The Balaban J connectivity index is 2.21. The Morgan fingerprint density at radius 2 is 2.00 bits per heavy atom.